The molecule has 0 saturated carbocycles. The molecule has 11 heavy (non-hydrogen) atoms. The lowest BCUT2D eigenvalue weighted by Gasteiger charge is -1.94. The van der Waals surface area contributed by atoms with Crippen LogP contribution < -0.4 is 0 Å². The first kappa shape index (κ1) is 8.26. The summed E-state index contributed by atoms with van der Waals surface area (Å²) in [5.41, 5.74) is 1.76. The molecule has 0 N–H and O–H groups in total. The highest BCUT2D eigenvalue weighted by Gasteiger charge is 2.21. The number of rotatable bonds is 2. The van der Waals surface area contributed by atoms with Crippen LogP contribution in [0.15, 0.2) is 5.51 Å². The zero-order valence-electron chi connectivity index (χ0n) is 5.67. The Hall–Kier alpha value is -0.840. The summed E-state index contributed by atoms with van der Waals surface area (Å²) in [5, 5.41) is 0. The highest BCUT2D eigenvalue weighted by molar-refractivity contribution is 7.12. The van der Waals surface area contributed by atoms with Crippen molar-refractivity contribution >= 4 is 17.1 Å². The molecular formula is C6H5F2NOS. The van der Waals surface area contributed by atoms with Crippen molar-refractivity contribution in [1.82, 2.24) is 4.98 Å². The molecule has 0 bridgehead atoms. The first-order chi connectivity index (χ1) is 5.13. The molecule has 0 aliphatic rings. The number of carbonyl (C=O) groups excluding carboxylic acids is 1. The number of hydrogen-bond acceptors (Lipinski definition) is 3. The van der Waals surface area contributed by atoms with Gasteiger partial charge in [0, 0.05) is 0 Å². The van der Waals surface area contributed by atoms with E-state index >= 15 is 0 Å². The minimum Gasteiger partial charge on any atom is -0.287 e. The smallest absolute Gasteiger partial charge is 0.287 e. The number of alkyl halides is 2. The lowest BCUT2D eigenvalue weighted by Crippen LogP contribution is -2.09. The largest absolute Gasteiger partial charge is 0.301 e. The number of aromatic nitrogens is 1. The Balaban J connectivity index is 2.93. The quantitative estimate of drug-likeness (QED) is 0.646. The van der Waals surface area contributed by atoms with E-state index in [4.69, 9.17) is 0 Å². The predicted octanol–water partition coefficient (Wildman–Crippen LogP) is 1.90. The average Bonchev–Trinajstić information content (AvgIpc) is 2.33. The highest BCUT2D eigenvalue weighted by atomic mass is 32.1. The van der Waals surface area contributed by atoms with E-state index in [0.717, 1.165) is 11.3 Å². The Morgan fingerprint density at radius 3 is 2.73 bits per heavy atom. The first-order valence-corrected chi connectivity index (χ1v) is 3.73. The molecule has 1 rings (SSSR count). The van der Waals surface area contributed by atoms with Crippen LogP contribution in [0.5, 0.6) is 0 Å². The van der Waals surface area contributed by atoms with Gasteiger partial charge in [0.25, 0.3) is 0 Å². The number of halogens is 2. The van der Waals surface area contributed by atoms with Crippen LogP contribution in [-0.4, -0.2) is 17.2 Å². The molecule has 0 aromatic carbocycles. The molecule has 60 valence electrons. The molecule has 1 aromatic rings. The second-order valence-electron chi connectivity index (χ2n) is 1.93. The third kappa shape index (κ3) is 1.59. The lowest BCUT2D eigenvalue weighted by atomic mass is 10.3. The average molecular weight is 177 g/mol. The Morgan fingerprint density at radius 2 is 2.36 bits per heavy atom. The maximum atomic E-state index is 11.8. The van der Waals surface area contributed by atoms with Crippen LogP contribution >= 0.6 is 11.3 Å². The maximum Gasteiger partial charge on any atom is 0.301 e. The van der Waals surface area contributed by atoms with Crippen molar-refractivity contribution in [1.29, 1.82) is 0 Å². The van der Waals surface area contributed by atoms with Crippen LogP contribution in [0.3, 0.4) is 0 Å². The van der Waals surface area contributed by atoms with Crippen molar-refractivity contribution in [2.24, 2.45) is 0 Å². The van der Waals surface area contributed by atoms with Gasteiger partial charge in [-0.15, -0.1) is 11.3 Å². The number of ketones is 1. The van der Waals surface area contributed by atoms with Crippen LogP contribution in [-0.2, 0) is 0 Å². The number of nitrogens with zero attached hydrogens (tertiary/aromatic N) is 1. The fourth-order valence-electron chi connectivity index (χ4n) is 0.637. The van der Waals surface area contributed by atoms with Gasteiger partial charge in [0.15, 0.2) is 0 Å². The third-order valence-corrected chi connectivity index (χ3v) is 2.11. The molecular weight excluding hydrogens is 172 g/mol. The van der Waals surface area contributed by atoms with Crippen molar-refractivity contribution in [2.75, 3.05) is 0 Å². The number of Topliss-reactive ketones (excluding diaryl/α,β-unsaturated/α-hetero) is 1. The van der Waals surface area contributed by atoms with E-state index in [1.807, 2.05) is 0 Å². The number of aryl methyl sites for hydroxylation is 1. The highest BCUT2D eigenvalue weighted by Crippen LogP contribution is 2.16. The van der Waals surface area contributed by atoms with E-state index in [0.29, 0.717) is 5.69 Å². The summed E-state index contributed by atoms with van der Waals surface area (Å²) in [7, 11) is 0. The second-order valence-corrected chi connectivity index (χ2v) is 2.79. The molecule has 0 saturated heterocycles. The summed E-state index contributed by atoms with van der Waals surface area (Å²) < 4.78 is 23.6. The van der Waals surface area contributed by atoms with E-state index in [-0.39, 0.29) is 4.88 Å². The number of thiazole rings is 1. The van der Waals surface area contributed by atoms with Crippen LogP contribution in [0.1, 0.15) is 15.4 Å². The molecule has 0 fully saturated rings. The van der Waals surface area contributed by atoms with Gasteiger partial charge in [-0.1, -0.05) is 0 Å². The Bertz CT molecular complexity index is 271. The fourth-order valence-corrected chi connectivity index (χ4v) is 1.38. The van der Waals surface area contributed by atoms with Gasteiger partial charge < -0.3 is 0 Å². The molecule has 0 amide bonds. The molecule has 0 aliphatic carbocycles. The van der Waals surface area contributed by atoms with Crippen LogP contribution in [0.25, 0.3) is 0 Å². The minimum absolute atomic E-state index is 0.0556. The van der Waals surface area contributed by atoms with Crippen LogP contribution in [0, 0.1) is 6.92 Å². The summed E-state index contributed by atoms with van der Waals surface area (Å²) in [6.07, 6.45) is -2.92. The zero-order valence-corrected chi connectivity index (χ0v) is 6.49. The molecule has 0 radical (unpaired) electrons. The van der Waals surface area contributed by atoms with Crippen molar-refractivity contribution in [3.63, 3.8) is 0 Å². The summed E-state index contributed by atoms with van der Waals surface area (Å²) in [5.74, 6) is -1.13. The Labute approximate surface area is 65.9 Å². The maximum absolute atomic E-state index is 11.8. The van der Waals surface area contributed by atoms with Gasteiger partial charge in [0.2, 0.25) is 5.78 Å². The standard InChI is InChI=1S/C6H5F2NOS/c1-3-5(11-2-9-3)4(10)6(7)8/h2,6H,1H3. The molecule has 1 aromatic heterocycles. The topological polar surface area (TPSA) is 30.0 Å². The van der Waals surface area contributed by atoms with Gasteiger partial charge in [0.1, 0.15) is 0 Å². The summed E-state index contributed by atoms with van der Waals surface area (Å²) in [6.45, 7) is 1.53. The van der Waals surface area contributed by atoms with Crippen molar-refractivity contribution < 1.29 is 13.6 Å². The van der Waals surface area contributed by atoms with E-state index < -0.39 is 12.2 Å². The monoisotopic (exact) mass is 177 g/mol. The van der Waals surface area contributed by atoms with E-state index in [9.17, 15) is 13.6 Å². The van der Waals surface area contributed by atoms with Crippen LogP contribution in [0.4, 0.5) is 8.78 Å². The molecule has 5 heteroatoms. The molecule has 1 heterocycles. The molecule has 2 nitrogen and oxygen atoms in total. The molecule has 0 spiro atoms. The molecule has 0 atom stereocenters. The van der Waals surface area contributed by atoms with E-state index in [1.165, 1.54) is 12.4 Å². The van der Waals surface area contributed by atoms with Gasteiger partial charge in [0.05, 0.1) is 16.1 Å². The predicted molar refractivity (Wildman–Crippen MR) is 37.2 cm³/mol. The molecule has 0 unspecified atom stereocenters. The van der Waals surface area contributed by atoms with Gasteiger partial charge in [-0.3, -0.25) is 4.79 Å². The Kier molecular flexibility index (Phi) is 2.28. The zero-order chi connectivity index (χ0) is 8.43. The van der Waals surface area contributed by atoms with Crippen LogP contribution in [0.2, 0.25) is 0 Å². The van der Waals surface area contributed by atoms with Crippen molar-refractivity contribution in [2.45, 2.75) is 13.3 Å². The normalized spacial score (nSPS) is 10.5. The summed E-state index contributed by atoms with van der Waals surface area (Å²) in [4.78, 5) is 14.4. The first-order valence-electron chi connectivity index (χ1n) is 2.85. The fraction of sp³-hybridized carbons (Fsp3) is 0.333. The van der Waals surface area contributed by atoms with Gasteiger partial charge in [-0.25, -0.2) is 13.8 Å². The minimum atomic E-state index is -2.92. The molecule has 0 aliphatic heterocycles. The van der Waals surface area contributed by atoms with E-state index in [1.54, 1.807) is 0 Å². The second kappa shape index (κ2) is 3.04. The van der Waals surface area contributed by atoms with Gasteiger partial charge in [-0.2, -0.15) is 0 Å². The summed E-state index contributed by atoms with van der Waals surface area (Å²) >= 11 is 0.945. The number of hydrogen-bond donors (Lipinski definition) is 0. The Morgan fingerprint density at radius 1 is 1.73 bits per heavy atom. The van der Waals surface area contributed by atoms with Gasteiger partial charge in [-0.05, 0) is 6.92 Å². The third-order valence-electron chi connectivity index (χ3n) is 1.17. The SMILES string of the molecule is Cc1ncsc1C(=O)C(F)F. The lowest BCUT2D eigenvalue weighted by molar-refractivity contribution is 0.0682. The van der Waals surface area contributed by atoms with E-state index in [2.05, 4.69) is 4.98 Å². The van der Waals surface area contributed by atoms with Crippen molar-refractivity contribution in [3.8, 4) is 0 Å². The van der Waals surface area contributed by atoms with Gasteiger partial charge >= 0.3 is 6.43 Å². The van der Waals surface area contributed by atoms with Crippen molar-refractivity contribution in [3.05, 3.63) is 16.1 Å². The summed E-state index contributed by atoms with van der Waals surface area (Å²) in [6, 6.07) is 0. The number of carbonyl (C=O) groups is 1.